The van der Waals surface area contributed by atoms with E-state index in [0.717, 1.165) is 5.57 Å². The Hall–Kier alpha value is -3.44. The summed E-state index contributed by atoms with van der Waals surface area (Å²) >= 11 is 0. The van der Waals surface area contributed by atoms with Crippen LogP contribution in [0.25, 0.3) is 0 Å². The average Bonchev–Trinajstić information content (AvgIpc) is 2.79. The van der Waals surface area contributed by atoms with E-state index in [1.165, 1.54) is 11.8 Å². The summed E-state index contributed by atoms with van der Waals surface area (Å²) in [5, 5.41) is 24.8. The van der Waals surface area contributed by atoms with Gasteiger partial charge in [0.2, 0.25) is 11.8 Å². The van der Waals surface area contributed by atoms with Crippen molar-refractivity contribution in [1.29, 1.82) is 5.26 Å². The molecule has 0 saturated heterocycles. The van der Waals surface area contributed by atoms with Crippen LogP contribution in [0.4, 0.5) is 0 Å². The van der Waals surface area contributed by atoms with Gasteiger partial charge in [-0.2, -0.15) is 5.26 Å². The standard InChI is InChI=1S/C31H46N4O4/c1-20(2)25(17-21(3)29(38)39)35(10)28(37)24(18-30(4,5)6)34-27(36)26(33-9)31(7,8)23-14-12-11-13-22(19-32)15-16-23/h11-17,20,24-26,33H,18H2,1-10H3,(H,34,36)(H,38,39)/b12-11-,13-11?,14-12?,16-15?,21-17+,22-13-,22-15?,23-14?,23-16?/t24?,25?,26-/m1/s1. The second kappa shape index (κ2) is 14.1. The molecule has 39 heavy (non-hydrogen) atoms. The van der Waals surface area contributed by atoms with Gasteiger partial charge >= 0.3 is 5.97 Å². The van der Waals surface area contributed by atoms with Crippen molar-refractivity contribution in [2.45, 2.75) is 79.9 Å². The molecule has 0 radical (unpaired) electrons. The summed E-state index contributed by atoms with van der Waals surface area (Å²) in [6.07, 6.45) is 12.8. The molecule has 2 amide bonds. The quantitative estimate of drug-likeness (QED) is 0.332. The van der Waals surface area contributed by atoms with Crippen molar-refractivity contribution in [3.8, 4) is 6.07 Å². The van der Waals surface area contributed by atoms with E-state index >= 15 is 0 Å². The molecule has 1 aliphatic rings. The molecular weight excluding hydrogens is 492 g/mol. The zero-order chi connectivity index (χ0) is 30.1. The summed E-state index contributed by atoms with van der Waals surface area (Å²) in [4.78, 5) is 40.6. The lowest BCUT2D eigenvalue weighted by Gasteiger charge is -2.38. The van der Waals surface area contributed by atoms with Gasteiger partial charge in [0.15, 0.2) is 0 Å². The van der Waals surface area contributed by atoms with Gasteiger partial charge in [-0.05, 0) is 49.5 Å². The van der Waals surface area contributed by atoms with Gasteiger partial charge in [0.25, 0.3) is 0 Å². The maximum atomic E-state index is 13.8. The zero-order valence-electron chi connectivity index (χ0n) is 25.1. The van der Waals surface area contributed by atoms with Crippen LogP contribution < -0.4 is 10.6 Å². The van der Waals surface area contributed by atoms with Crippen LogP contribution in [0.3, 0.4) is 0 Å². The number of allylic oxidation sites excluding steroid dienone is 7. The highest BCUT2D eigenvalue weighted by Crippen LogP contribution is 2.33. The van der Waals surface area contributed by atoms with Crippen molar-refractivity contribution < 1.29 is 19.5 Å². The molecule has 3 atom stereocenters. The van der Waals surface area contributed by atoms with E-state index in [4.69, 9.17) is 0 Å². The van der Waals surface area contributed by atoms with Gasteiger partial charge < -0.3 is 20.6 Å². The molecule has 0 saturated carbocycles. The molecule has 0 aliphatic heterocycles. The number of aliphatic carboxylic acids is 1. The summed E-state index contributed by atoms with van der Waals surface area (Å²) in [7, 11) is 3.35. The first-order valence-corrected chi connectivity index (χ1v) is 13.3. The van der Waals surface area contributed by atoms with Crippen LogP contribution in [0.1, 0.15) is 61.8 Å². The summed E-state index contributed by atoms with van der Waals surface area (Å²) in [5.41, 5.74) is 0.545. The second-order valence-corrected chi connectivity index (χ2v) is 12.2. The molecule has 0 heterocycles. The van der Waals surface area contributed by atoms with Gasteiger partial charge in [-0.1, -0.05) is 78.8 Å². The van der Waals surface area contributed by atoms with Gasteiger partial charge in [0.05, 0.1) is 23.7 Å². The summed E-state index contributed by atoms with van der Waals surface area (Å²) in [6, 6.07) is 0.178. The normalized spacial score (nSPS) is 18.9. The fraction of sp³-hybridized carbons (Fsp3) is 0.548. The van der Waals surface area contributed by atoms with Crippen molar-refractivity contribution in [1.82, 2.24) is 15.5 Å². The number of nitriles is 1. The topological polar surface area (TPSA) is 123 Å². The van der Waals surface area contributed by atoms with Crippen LogP contribution in [0.2, 0.25) is 0 Å². The Kier molecular flexibility index (Phi) is 12.1. The molecule has 0 aromatic rings. The minimum atomic E-state index is -1.04. The van der Waals surface area contributed by atoms with E-state index in [1.54, 1.807) is 38.4 Å². The largest absolute Gasteiger partial charge is 0.478 e. The number of hydrogen-bond acceptors (Lipinski definition) is 5. The van der Waals surface area contributed by atoms with Crippen LogP contribution in [0.5, 0.6) is 0 Å². The highest BCUT2D eigenvalue weighted by Gasteiger charge is 2.39. The average molecular weight is 539 g/mol. The molecule has 0 spiro atoms. The fourth-order valence-electron chi connectivity index (χ4n) is 4.64. The van der Waals surface area contributed by atoms with Crippen LogP contribution in [0.15, 0.2) is 59.3 Å². The van der Waals surface area contributed by atoms with Gasteiger partial charge in [0, 0.05) is 18.0 Å². The number of carboxylic acid groups (broad SMARTS) is 1. The van der Waals surface area contributed by atoms with Crippen molar-refractivity contribution in [2.24, 2.45) is 16.7 Å². The predicted octanol–water partition coefficient (Wildman–Crippen LogP) is 4.54. The number of rotatable bonds is 11. The number of nitrogens with zero attached hydrogens (tertiary/aromatic N) is 2. The summed E-state index contributed by atoms with van der Waals surface area (Å²) < 4.78 is 0. The molecule has 8 heteroatoms. The maximum absolute atomic E-state index is 13.8. The predicted molar refractivity (Wildman–Crippen MR) is 155 cm³/mol. The lowest BCUT2D eigenvalue weighted by atomic mass is 9.75. The van der Waals surface area contributed by atoms with Gasteiger partial charge in [-0.15, -0.1) is 0 Å². The lowest BCUT2D eigenvalue weighted by molar-refractivity contribution is -0.139. The molecule has 0 bridgehead atoms. The Labute approximate surface area is 234 Å². The number of nitrogens with one attached hydrogen (secondary N) is 2. The number of carbonyl (C=O) groups is 3. The Bertz CT molecular complexity index is 1110. The number of hydrogen-bond donors (Lipinski definition) is 3. The molecule has 8 nitrogen and oxygen atoms in total. The number of amides is 2. The SMILES string of the molecule is CN[C@H](C(=O)NC(CC(C)(C)C)C(=O)N(C)C(/C=C(\C)C(=O)O)C(C)C)C(C)(C)C1=C/C=C\C=C(/C#N)C=C1. The van der Waals surface area contributed by atoms with E-state index in [1.807, 2.05) is 66.7 Å². The first kappa shape index (κ1) is 33.6. The Morgan fingerprint density at radius 2 is 1.69 bits per heavy atom. The lowest BCUT2D eigenvalue weighted by Crippen LogP contribution is -2.58. The van der Waals surface area contributed by atoms with E-state index in [9.17, 15) is 24.8 Å². The number of carbonyl (C=O) groups excluding carboxylic acids is 2. The molecule has 0 aromatic carbocycles. The fourth-order valence-corrected chi connectivity index (χ4v) is 4.64. The van der Waals surface area contributed by atoms with E-state index in [0.29, 0.717) is 12.0 Å². The van der Waals surface area contributed by atoms with Crippen LogP contribution >= 0.6 is 0 Å². The maximum Gasteiger partial charge on any atom is 0.331 e. The molecule has 1 rings (SSSR count). The zero-order valence-corrected chi connectivity index (χ0v) is 25.1. The Balaban J connectivity index is 3.37. The van der Waals surface area contributed by atoms with Crippen LogP contribution in [0, 0.1) is 28.1 Å². The monoisotopic (exact) mass is 538 g/mol. The molecule has 2 unspecified atom stereocenters. The van der Waals surface area contributed by atoms with E-state index in [2.05, 4.69) is 16.7 Å². The third-order valence-electron chi connectivity index (χ3n) is 6.92. The van der Waals surface area contributed by atoms with E-state index in [-0.39, 0.29) is 28.7 Å². The van der Waals surface area contributed by atoms with Crippen LogP contribution in [-0.4, -0.2) is 60.0 Å². The van der Waals surface area contributed by atoms with Crippen molar-refractivity contribution in [3.05, 3.63) is 59.3 Å². The smallest absolute Gasteiger partial charge is 0.331 e. The van der Waals surface area contributed by atoms with Gasteiger partial charge in [0.1, 0.15) is 6.04 Å². The highest BCUT2D eigenvalue weighted by atomic mass is 16.4. The van der Waals surface area contributed by atoms with Crippen molar-refractivity contribution >= 4 is 17.8 Å². The van der Waals surface area contributed by atoms with Crippen molar-refractivity contribution in [2.75, 3.05) is 14.1 Å². The molecule has 0 aromatic heterocycles. The number of carboxylic acids is 1. The molecule has 1 aliphatic carbocycles. The molecule has 3 N–H and O–H groups in total. The van der Waals surface area contributed by atoms with Crippen molar-refractivity contribution in [3.63, 3.8) is 0 Å². The van der Waals surface area contributed by atoms with Gasteiger partial charge in [-0.25, -0.2) is 4.79 Å². The molecular formula is C31H46N4O4. The van der Waals surface area contributed by atoms with E-state index < -0.39 is 29.5 Å². The Morgan fingerprint density at radius 3 is 2.18 bits per heavy atom. The minimum absolute atomic E-state index is 0.0401. The highest BCUT2D eigenvalue weighted by molar-refractivity contribution is 5.91. The van der Waals surface area contributed by atoms with Crippen LogP contribution in [-0.2, 0) is 14.4 Å². The third-order valence-corrected chi connectivity index (χ3v) is 6.92. The first-order chi connectivity index (χ1) is 18.0. The summed E-state index contributed by atoms with van der Waals surface area (Å²) in [6.45, 7) is 15.3. The molecule has 0 fully saturated rings. The Morgan fingerprint density at radius 1 is 1.10 bits per heavy atom. The minimum Gasteiger partial charge on any atom is -0.478 e. The number of likely N-dealkylation sites (N-methyl/N-ethyl adjacent to an activating group) is 2. The van der Waals surface area contributed by atoms with Gasteiger partial charge in [-0.3, -0.25) is 9.59 Å². The second-order valence-electron chi connectivity index (χ2n) is 12.2. The summed E-state index contributed by atoms with van der Waals surface area (Å²) in [5.74, 6) is -1.68. The molecule has 214 valence electrons. The first-order valence-electron chi connectivity index (χ1n) is 13.3. The third kappa shape index (κ3) is 9.67.